The zero-order chi connectivity index (χ0) is 19.6. The molecule has 2 aliphatic heterocycles. The Balaban J connectivity index is 1.63. The van der Waals surface area contributed by atoms with Crippen molar-refractivity contribution in [1.82, 2.24) is 14.5 Å². The van der Waals surface area contributed by atoms with Crippen LogP contribution in [0, 0.1) is 0 Å². The van der Waals surface area contributed by atoms with Crippen LogP contribution in [0.15, 0.2) is 4.79 Å². The third-order valence-corrected chi connectivity index (χ3v) is 6.77. The first-order valence-electron chi connectivity index (χ1n) is 9.68. The van der Waals surface area contributed by atoms with E-state index in [4.69, 9.17) is 19.9 Å². The Kier molecular flexibility index (Phi) is 4.25. The summed E-state index contributed by atoms with van der Waals surface area (Å²) in [7, 11) is 0. The molecule has 2 saturated heterocycles. The van der Waals surface area contributed by atoms with Crippen molar-refractivity contribution >= 4 is 27.6 Å². The number of thiazole rings is 1. The molecule has 1 saturated carbocycles. The van der Waals surface area contributed by atoms with Gasteiger partial charge in [-0.25, -0.2) is 4.98 Å². The fourth-order valence-electron chi connectivity index (χ4n) is 4.67. The highest BCUT2D eigenvalue weighted by Crippen LogP contribution is 2.44. The molecule has 10 heteroatoms. The van der Waals surface area contributed by atoms with E-state index in [1.54, 1.807) is 0 Å². The van der Waals surface area contributed by atoms with Gasteiger partial charge in [-0.3, -0.25) is 9.36 Å². The molecular formula is C18H24N4O5S. The Bertz CT molecular complexity index is 967. The van der Waals surface area contributed by atoms with Crippen LogP contribution < -0.4 is 10.6 Å². The molecule has 3 N–H and O–H groups in total. The lowest BCUT2D eigenvalue weighted by atomic mass is 10.0. The lowest BCUT2D eigenvalue weighted by Crippen LogP contribution is -2.32. The summed E-state index contributed by atoms with van der Waals surface area (Å²) in [4.78, 5) is 21.6. The van der Waals surface area contributed by atoms with Crippen molar-refractivity contribution in [3.8, 4) is 0 Å². The predicted molar refractivity (Wildman–Crippen MR) is 102 cm³/mol. The van der Waals surface area contributed by atoms with Crippen LogP contribution in [0.25, 0.3) is 10.3 Å². The van der Waals surface area contributed by atoms with Crippen molar-refractivity contribution in [3.05, 3.63) is 15.4 Å². The molecule has 0 bridgehead atoms. The molecule has 1 aliphatic carbocycles. The molecule has 0 radical (unpaired) electrons. The molecular weight excluding hydrogens is 384 g/mol. The van der Waals surface area contributed by atoms with E-state index in [1.807, 2.05) is 13.8 Å². The molecule has 0 unspecified atom stereocenters. The maximum absolute atomic E-state index is 13.0. The molecule has 152 valence electrons. The molecule has 0 aromatic carbocycles. The van der Waals surface area contributed by atoms with E-state index in [-0.39, 0.29) is 17.4 Å². The van der Waals surface area contributed by atoms with Crippen LogP contribution in [-0.4, -0.2) is 50.3 Å². The van der Waals surface area contributed by atoms with Gasteiger partial charge >= 0.3 is 4.87 Å². The Morgan fingerprint density at radius 1 is 1.25 bits per heavy atom. The second-order valence-electron chi connectivity index (χ2n) is 8.15. The number of ether oxygens (including phenoxy) is 3. The fraction of sp³-hybridized carbons (Fsp3) is 0.722. The fourth-order valence-corrected chi connectivity index (χ4v) is 5.69. The van der Waals surface area contributed by atoms with Crippen LogP contribution in [0.5, 0.6) is 0 Å². The van der Waals surface area contributed by atoms with Crippen LogP contribution in [0.3, 0.4) is 0 Å². The minimum atomic E-state index is -0.816. The largest absolute Gasteiger partial charge is 0.394 e. The third-order valence-electron chi connectivity index (χ3n) is 5.81. The second-order valence-corrected chi connectivity index (χ2v) is 9.11. The van der Waals surface area contributed by atoms with Crippen LogP contribution >= 0.6 is 11.3 Å². The maximum Gasteiger partial charge on any atom is 0.311 e. The first-order chi connectivity index (χ1) is 13.4. The zero-order valence-corrected chi connectivity index (χ0v) is 16.6. The van der Waals surface area contributed by atoms with Gasteiger partial charge in [0.15, 0.2) is 17.7 Å². The predicted octanol–water partition coefficient (Wildman–Crippen LogP) is 1.50. The van der Waals surface area contributed by atoms with Gasteiger partial charge in [0.05, 0.1) is 17.0 Å². The average molecular weight is 408 g/mol. The molecule has 9 nitrogen and oxygen atoms in total. The van der Waals surface area contributed by atoms with Gasteiger partial charge in [0.1, 0.15) is 18.3 Å². The summed E-state index contributed by atoms with van der Waals surface area (Å²) in [6.07, 6.45) is 2.09. The van der Waals surface area contributed by atoms with Crippen molar-refractivity contribution in [2.75, 3.05) is 12.3 Å². The third kappa shape index (κ3) is 2.78. The van der Waals surface area contributed by atoms with E-state index in [9.17, 15) is 9.90 Å². The lowest BCUT2D eigenvalue weighted by Gasteiger charge is -2.24. The molecule has 3 aliphatic rings. The van der Waals surface area contributed by atoms with Crippen molar-refractivity contribution in [1.29, 1.82) is 0 Å². The highest BCUT2D eigenvalue weighted by molar-refractivity contribution is 7.16. The molecule has 2 aromatic rings. The van der Waals surface area contributed by atoms with Gasteiger partial charge in [0.2, 0.25) is 5.95 Å². The molecule has 28 heavy (non-hydrogen) atoms. The SMILES string of the molecule is CC1(C)O[C@@H]2[C@H](O1)[C@@H](CO)O[C@H]2n1c(=O)sc2c(C3CCCC3)nc(N)nc21. The van der Waals surface area contributed by atoms with Crippen molar-refractivity contribution in [2.45, 2.75) is 75.8 Å². The van der Waals surface area contributed by atoms with E-state index in [0.717, 1.165) is 47.4 Å². The zero-order valence-electron chi connectivity index (χ0n) is 15.8. The number of rotatable bonds is 3. The number of anilines is 1. The maximum atomic E-state index is 13.0. The van der Waals surface area contributed by atoms with Gasteiger partial charge in [-0.15, -0.1) is 0 Å². The van der Waals surface area contributed by atoms with Crippen LogP contribution in [0.1, 0.15) is 57.4 Å². The number of hydrogen-bond donors (Lipinski definition) is 2. The summed E-state index contributed by atoms with van der Waals surface area (Å²) in [5, 5.41) is 9.72. The van der Waals surface area contributed by atoms with Gasteiger partial charge in [-0.2, -0.15) is 4.98 Å². The molecule has 4 heterocycles. The number of nitrogen functional groups attached to an aromatic ring is 1. The van der Waals surface area contributed by atoms with Crippen LogP contribution in [0.2, 0.25) is 0 Å². The van der Waals surface area contributed by atoms with E-state index in [0.29, 0.717) is 11.6 Å². The molecule has 0 spiro atoms. The monoisotopic (exact) mass is 408 g/mol. The number of aromatic nitrogens is 3. The summed E-state index contributed by atoms with van der Waals surface area (Å²) in [5.41, 5.74) is 7.33. The van der Waals surface area contributed by atoms with E-state index in [1.165, 1.54) is 4.57 Å². The summed E-state index contributed by atoms with van der Waals surface area (Å²) in [6.45, 7) is 3.39. The number of nitrogens with two attached hydrogens (primary N) is 1. The van der Waals surface area contributed by atoms with Gasteiger partial charge in [-0.05, 0) is 26.7 Å². The van der Waals surface area contributed by atoms with Crippen LogP contribution in [-0.2, 0) is 14.2 Å². The first-order valence-corrected chi connectivity index (χ1v) is 10.5. The Hall–Kier alpha value is -1.59. The van der Waals surface area contributed by atoms with Gasteiger partial charge in [0, 0.05) is 5.92 Å². The molecule has 2 aromatic heterocycles. The average Bonchev–Trinajstić information content (AvgIpc) is 3.37. The van der Waals surface area contributed by atoms with Crippen molar-refractivity contribution in [3.63, 3.8) is 0 Å². The van der Waals surface area contributed by atoms with Gasteiger partial charge in [0.25, 0.3) is 0 Å². The quantitative estimate of drug-likeness (QED) is 0.784. The summed E-state index contributed by atoms with van der Waals surface area (Å²) < 4.78 is 20.2. The number of hydrogen-bond acceptors (Lipinski definition) is 9. The van der Waals surface area contributed by atoms with Crippen LogP contribution in [0.4, 0.5) is 5.95 Å². The normalized spacial score (nSPS) is 32.4. The van der Waals surface area contributed by atoms with E-state index in [2.05, 4.69) is 9.97 Å². The topological polar surface area (TPSA) is 122 Å². The highest BCUT2D eigenvalue weighted by atomic mass is 32.1. The van der Waals surface area contributed by atoms with Gasteiger partial charge in [-0.1, -0.05) is 24.2 Å². The molecule has 5 rings (SSSR count). The summed E-state index contributed by atoms with van der Waals surface area (Å²) in [5.74, 6) is -0.367. The first kappa shape index (κ1) is 18.4. The Labute approximate surface area is 165 Å². The number of aliphatic hydroxyl groups is 1. The number of aliphatic hydroxyl groups excluding tert-OH is 1. The number of nitrogens with zero attached hydrogens (tertiary/aromatic N) is 3. The minimum Gasteiger partial charge on any atom is -0.394 e. The second kappa shape index (κ2) is 6.46. The number of fused-ring (bicyclic) bond motifs is 2. The summed E-state index contributed by atoms with van der Waals surface area (Å²) in [6, 6.07) is 0. The highest BCUT2D eigenvalue weighted by Gasteiger charge is 2.56. The molecule has 3 fully saturated rings. The standard InChI is InChI=1S/C18H24N4O5S/c1-18(2)26-11-9(7-23)25-15(12(11)27-18)22-14-13(28-17(22)24)10(20-16(19)21-14)8-5-3-4-6-8/h8-9,11-12,15,23H,3-7H2,1-2H3,(H2,19,20,21)/t9-,11-,12-,15-/m1/s1. The lowest BCUT2D eigenvalue weighted by molar-refractivity contribution is -0.199. The smallest absolute Gasteiger partial charge is 0.311 e. The molecule has 0 amide bonds. The minimum absolute atomic E-state index is 0.151. The van der Waals surface area contributed by atoms with Crippen molar-refractivity contribution < 1.29 is 19.3 Å². The van der Waals surface area contributed by atoms with E-state index < -0.39 is 30.3 Å². The molecule has 4 atom stereocenters. The van der Waals surface area contributed by atoms with Gasteiger partial charge < -0.3 is 25.1 Å². The van der Waals surface area contributed by atoms with E-state index >= 15 is 0 Å². The Morgan fingerprint density at radius 3 is 2.68 bits per heavy atom. The summed E-state index contributed by atoms with van der Waals surface area (Å²) >= 11 is 1.12. The van der Waals surface area contributed by atoms with Crippen molar-refractivity contribution in [2.24, 2.45) is 0 Å². The Morgan fingerprint density at radius 2 is 1.96 bits per heavy atom.